The molecule has 120 valence electrons. The maximum absolute atomic E-state index is 12.4. The van der Waals surface area contributed by atoms with Gasteiger partial charge in [-0.15, -0.1) is 0 Å². The van der Waals surface area contributed by atoms with E-state index in [-0.39, 0.29) is 11.9 Å². The zero-order valence-corrected chi connectivity index (χ0v) is 14.6. The minimum atomic E-state index is -0.0218. The molecule has 0 aromatic heterocycles. The van der Waals surface area contributed by atoms with Crippen molar-refractivity contribution in [2.24, 2.45) is 0 Å². The number of carbonyl (C=O) groups excluding carboxylic acids is 1. The van der Waals surface area contributed by atoms with Crippen molar-refractivity contribution in [2.75, 3.05) is 19.6 Å². The first kappa shape index (κ1) is 16.2. The van der Waals surface area contributed by atoms with Gasteiger partial charge in [0.1, 0.15) is 0 Å². The maximum atomic E-state index is 12.4. The number of hydrogen-bond acceptors (Lipinski definition) is 2. The van der Waals surface area contributed by atoms with Gasteiger partial charge in [-0.2, -0.15) is 0 Å². The molecule has 3 nitrogen and oxygen atoms in total. The highest BCUT2D eigenvalue weighted by molar-refractivity contribution is 9.10. The topological polar surface area (TPSA) is 32.3 Å². The zero-order chi connectivity index (χ0) is 16.1. The van der Waals surface area contributed by atoms with Crippen molar-refractivity contribution in [1.29, 1.82) is 0 Å². The first-order valence-electron chi connectivity index (χ1n) is 8.07. The highest BCUT2D eigenvalue weighted by Crippen LogP contribution is 2.24. The largest absolute Gasteiger partial charge is 0.350 e. The molecule has 1 aliphatic heterocycles. The van der Waals surface area contributed by atoms with Crippen LogP contribution in [0.4, 0.5) is 0 Å². The van der Waals surface area contributed by atoms with E-state index in [0.29, 0.717) is 12.1 Å². The number of benzene rings is 2. The lowest BCUT2D eigenvalue weighted by atomic mass is 10.1. The summed E-state index contributed by atoms with van der Waals surface area (Å²) >= 11 is 3.41. The van der Waals surface area contributed by atoms with Crippen LogP contribution in [0.1, 0.15) is 34.8 Å². The number of rotatable bonds is 5. The van der Waals surface area contributed by atoms with Crippen LogP contribution in [0.5, 0.6) is 0 Å². The van der Waals surface area contributed by atoms with E-state index in [1.54, 1.807) is 0 Å². The molecule has 1 saturated heterocycles. The van der Waals surface area contributed by atoms with Crippen LogP contribution in [0.15, 0.2) is 59.1 Å². The Balaban J connectivity index is 1.70. The summed E-state index contributed by atoms with van der Waals surface area (Å²) in [7, 11) is 0. The highest BCUT2D eigenvalue weighted by atomic mass is 79.9. The Labute approximate surface area is 145 Å². The maximum Gasteiger partial charge on any atom is 0.251 e. The van der Waals surface area contributed by atoms with Crippen LogP contribution in [0.25, 0.3) is 0 Å². The third-order valence-corrected chi connectivity index (χ3v) is 4.80. The monoisotopic (exact) mass is 372 g/mol. The lowest BCUT2D eigenvalue weighted by Gasteiger charge is -2.28. The summed E-state index contributed by atoms with van der Waals surface area (Å²) in [5.41, 5.74) is 1.96. The number of amides is 1. The number of hydrogen-bond donors (Lipinski definition) is 1. The standard InChI is InChI=1S/C19H21BrN2O/c20-17-10-6-9-16(13-17)19(23)21-14-18(22-11-4-5-12-22)15-7-2-1-3-8-15/h1-3,6-10,13,18H,4-5,11-12,14H2,(H,21,23). The third-order valence-electron chi connectivity index (χ3n) is 4.31. The van der Waals surface area contributed by atoms with Crippen LogP contribution in [-0.4, -0.2) is 30.4 Å². The molecule has 1 N–H and O–H groups in total. The number of likely N-dealkylation sites (tertiary alicyclic amines) is 1. The molecule has 2 aromatic carbocycles. The van der Waals surface area contributed by atoms with Gasteiger partial charge >= 0.3 is 0 Å². The van der Waals surface area contributed by atoms with Gasteiger partial charge < -0.3 is 5.32 Å². The average Bonchev–Trinajstić information content (AvgIpc) is 3.10. The molecule has 1 atom stereocenters. The van der Waals surface area contributed by atoms with E-state index in [0.717, 1.165) is 17.6 Å². The fourth-order valence-electron chi connectivity index (χ4n) is 3.11. The Morgan fingerprint density at radius 1 is 1.09 bits per heavy atom. The van der Waals surface area contributed by atoms with Gasteiger partial charge in [0.15, 0.2) is 0 Å². The van der Waals surface area contributed by atoms with Crippen molar-refractivity contribution in [3.8, 4) is 0 Å². The molecule has 3 rings (SSSR count). The molecular formula is C19H21BrN2O. The summed E-state index contributed by atoms with van der Waals surface area (Å²) in [5, 5.41) is 3.10. The summed E-state index contributed by atoms with van der Waals surface area (Å²) < 4.78 is 0.921. The van der Waals surface area contributed by atoms with Gasteiger partial charge in [0.25, 0.3) is 5.91 Å². The molecule has 1 amide bonds. The van der Waals surface area contributed by atoms with E-state index in [9.17, 15) is 4.79 Å². The molecule has 1 unspecified atom stereocenters. The molecule has 4 heteroatoms. The number of nitrogens with one attached hydrogen (secondary N) is 1. The summed E-state index contributed by atoms with van der Waals surface area (Å²) in [6, 6.07) is 18.2. The molecular weight excluding hydrogens is 352 g/mol. The Hall–Kier alpha value is -1.65. The lowest BCUT2D eigenvalue weighted by molar-refractivity contribution is 0.0938. The summed E-state index contributed by atoms with van der Waals surface area (Å²) in [4.78, 5) is 14.9. The van der Waals surface area contributed by atoms with Crippen molar-refractivity contribution in [3.05, 3.63) is 70.2 Å². The smallest absolute Gasteiger partial charge is 0.251 e. The molecule has 0 saturated carbocycles. The average molecular weight is 373 g/mol. The van der Waals surface area contributed by atoms with Crippen LogP contribution in [-0.2, 0) is 0 Å². The second kappa shape index (κ2) is 7.75. The zero-order valence-electron chi connectivity index (χ0n) is 13.0. The second-order valence-corrected chi connectivity index (χ2v) is 6.81. The van der Waals surface area contributed by atoms with Gasteiger partial charge in [-0.1, -0.05) is 52.3 Å². The first-order valence-corrected chi connectivity index (χ1v) is 8.86. The number of halogens is 1. The minimum Gasteiger partial charge on any atom is -0.350 e. The first-order chi connectivity index (χ1) is 11.2. The van der Waals surface area contributed by atoms with Crippen LogP contribution in [0.3, 0.4) is 0 Å². The minimum absolute atomic E-state index is 0.0218. The lowest BCUT2D eigenvalue weighted by Crippen LogP contribution is -2.36. The van der Waals surface area contributed by atoms with E-state index in [4.69, 9.17) is 0 Å². The Kier molecular flexibility index (Phi) is 5.47. The quantitative estimate of drug-likeness (QED) is 0.859. The molecule has 0 spiro atoms. The highest BCUT2D eigenvalue weighted by Gasteiger charge is 2.23. The Morgan fingerprint density at radius 3 is 2.52 bits per heavy atom. The normalized spacial score (nSPS) is 16.2. The van der Waals surface area contributed by atoms with Crippen molar-refractivity contribution >= 4 is 21.8 Å². The molecule has 0 radical (unpaired) electrons. The predicted octanol–water partition coefficient (Wildman–Crippen LogP) is 4.02. The Bertz CT molecular complexity index is 653. The molecule has 23 heavy (non-hydrogen) atoms. The van der Waals surface area contributed by atoms with Gasteiger partial charge in [0.2, 0.25) is 0 Å². The fraction of sp³-hybridized carbons (Fsp3) is 0.316. The number of carbonyl (C=O) groups is 1. The van der Waals surface area contributed by atoms with Crippen LogP contribution in [0.2, 0.25) is 0 Å². The molecule has 1 aliphatic rings. The van der Waals surface area contributed by atoms with Gasteiger partial charge in [-0.25, -0.2) is 0 Å². The molecule has 2 aromatic rings. The van der Waals surface area contributed by atoms with Crippen LogP contribution < -0.4 is 5.32 Å². The van der Waals surface area contributed by atoms with E-state index in [2.05, 4.69) is 50.4 Å². The van der Waals surface area contributed by atoms with Gasteiger partial charge in [0.05, 0.1) is 6.04 Å². The third kappa shape index (κ3) is 4.21. The SMILES string of the molecule is O=C(NCC(c1ccccc1)N1CCCC1)c1cccc(Br)c1. The van der Waals surface area contributed by atoms with Crippen LogP contribution in [0, 0.1) is 0 Å². The molecule has 0 aliphatic carbocycles. The molecule has 0 bridgehead atoms. The van der Waals surface area contributed by atoms with Crippen LogP contribution >= 0.6 is 15.9 Å². The molecule has 1 fully saturated rings. The van der Waals surface area contributed by atoms with Crippen molar-refractivity contribution in [2.45, 2.75) is 18.9 Å². The second-order valence-electron chi connectivity index (χ2n) is 5.89. The van der Waals surface area contributed by atoms with Gasteiger partial charge in [0, 0.05) is 16.6 Å². The van der Waals surface area contributed by atoms with Crippen molar-refractivity contribution in [1.82, 2.24) is 10.2 Å². The van der Waals surface area contributed by atoms with Crippen molar-refractivity contribution in [3.63, 3.8) is 0 Å². The van der Waals surface area contributed by atoms with E-state index in [1.807, 2.05) is 30.3 Å². The summed E-state index contributed by atoms with van der Waals surface area (Å²) in [6.07, 6.45) is 2.48. The predicted molar refractivity (Wildman–Crippen MR) is 96.5 cm³/mol. The van der Waals surface area contributed by atoms with Gasteiger partial charge in [-0.3, -0.25) is 9.69 Å². The fourth-order valence-corrected chi connectivity index (χ4v) is 3.51. The van der Waals surface area contributed by atoms with E-state index >= 15 is 0 Å². The van der Waals surface area contributed by atoms with Crippen molar-refractivity contribution < 1.29 is 4.79 Å². The number of nitrogens with zero attached hydrogens (tertiary/aromatic N) is 1. The van der Waals surface area contributed by atoms with E-state index < -0.39 is 0 Å². The summed E-state index contributed by atoms with van der Waals surface area (Å²) in [6.45, 7) is 2.84. The summed E-state index contributed by atoms with van der Waals surface area (Å²) in [5.74, 6) is -0.0218. The van der Waals surface area contributed by atoms with Gasteiger partial charge in [-0.05, 0) is 49.7 Å². The Morgan fingerprint density at radius 2 is 1.83 bits per heavy atom. The molecule has 1 heterocycles. The van der Waals surface area contributed by atoms with E-state index in [1.165, 1.54) is 18.4 Å².